The Kier molecular flexibility index (Phi) is 9.82. The Morgan fingerprint density at radius 3 is 2.33 bits per heavy atom. The molecule has 6 N–H and O–H groups in total. The molecule has 7 rings (SSSR count). The average Bonchev–Trinajstić information content (AvgIpc) is 3.62. The van der Waals surface area contributed by atoms with Crippen molar-refractivity contribution in [3.05, 3.63) is 11.6 Å². The van der Waals surface area contributed by atoms with Crippen LogP contribution in [0.2, 0.25) is 0 Å². The molecule has 18 atom stereocenters. The fourth-order valence-corrected chi connectivity index (χ4v) is 11.5. The van der Waals surface area contributed by atoms with Gasteiger partial charge < -0.3 is 59.1 Å². The maximum absolute atomic E-state index is 12.6. The number of ether oxygens (including phenoxy) is 6. The second-order valence-corrected chi connectivity index (χ2v) is 16.5. The number of aliphatic hydroxyl groups excluding tert-OH is 5. The lowest BCUT2D eigenvalue weighted by Gasteiger charge is -2.64. The lowest BCUT2D eigenvalue weighted by molar-refractivity contribution is -0.372. The SMILES string of the molecule is CO[C@@H]1[C@@H](O)[C@H](C)O[C@H](O[C@H]2CC[C@]3(C)C4CC[C@]5(C)C(C6=CC(=O)OC6)CC[C@]5(O)C4CC[C@@H]3C2)[C@H]1O[C@@H]1O[C@H](CO)[C@@H](O)[C@H](O)[C@H]1O. The van der Waals surface area contributed by atoms with Crippen molar-refractivity contribution in [2.24, 2.45) is 34.5 Å². The van der Waals surface area contributed by atoms with Gasteiger partial charge in [-0.15, -0.1) is 0 Å². The largest absolute Gasteiger partial charge is 0.458 e. The zero-order chi connectivity index (χ0) is 35.0. The molecule has 3 aliphatic heterocycles. The zero-order valence-electron chi connectivity index (χ0n) is 29.1. The molecule has 7 aliphatic rings. The van der Waals surface area contributed by atoms with Crippen LogP contribution in [0.4, 0.5) is 0 Å². The Hall–Kier alpha value is -1.23. The van der Waals surface area contributed by atoms with Crippen LogP contribution in [0.5, 0.6) is 0 Å². The van der Waals surface area contributed by atoms with Gasteiger partial charge in [-0.1, -0.05) is 13.8 Å². The summed E-state index contributed by atoms with van der Waals surface area (Å²) >= 11 is 0. The van der Waals surface area contributed by atoms with Crippen molar-refractivity contribution in [1.82, 2.24) is 0 Å². The predicted octanol–water partition coefficient (Wildman–Crippen LogP) is 0.934. The Bertz CT molecular complexity index is 1260. The lowest BCUT2D eigenvalue weighted by atomic mass is 9.43. The van der Waals surface area contributed by atoms with Crippen LogP contribution >= 0.6 is 0 Å². The Morgan fingerprint density at radius 2 is 1.63 bits per heavy atom. The van der Waals surface area contributed by atoms with Crippen LogP contribution in [0.15, 0.2) is 11.6 Å². The summed E-state index contributed by atoms with van der Waals surface area (Å²) in [7, 11) is 1.44. The molecule has 2 saturated heterocycles. The number of esters is 1. The van der Waals surface area contributed by atoms with Crippen molar-refractivity contribution in [3.63, 3.8) is 0 Å². The van der Waals surface area contributed by atoms with Crippen LogP contribution in [0.1, 0.15) is 78.6 Å². The van der Waals surface area contributed by atoms with E-state index in [2.05, 4.69) is 13.8 Å². The van der Waals surface area contributed by atoms with Gasteiger partial charge in [-0.2, -0.15) is 0 Å². The smallest absolute Gasteiger partial charge is 0.331 e. The van der Waals surface area contributed by atoms with Crippen molar-refractivity contribution < 1.29 is 63.9 Å². The summed E-state index contributed by atoms with van der Waals surface area (Å²) in [5.74, 6) is 0.821. The summed E-state index contributed by atoms with van der Waals surface area (Å²) in [5.41, 5.74) is -0.00574. The standard InChI is InChI=1S/C36H56O13/c1-17-26(39)30(44-4)31(49-32-29(42)28(41)27(40)24(15-37)48-32)33(46-17)47-20-7-10-34(2)19(14-20)5-6-23-22(34)8-11-35(3)21(9-12-36(23,35)43)18-13-25(38)45-16-18/h13,17,19-24,26-33,37,39-43H,5-12,14-16H2,1-4H3/t17-,19+,20-,21?,22?,23?,24+,26-,27+,28-,29+,30+,31-,32-,33+,34-,35+,36-/m0/s1. The summed E-state index contributed by atoms with van der Waals surface area (Å²) in [6.45, 7) is 6.10. The Morgan fingerprint density at radius 1 is 0.857 bits per heavy atom. The molecular formula is C36H56O13. The quantitative estimate of drug-likeness (QED) is 0.163. The number of cyclic esters (lactones) is 1. The molecule has 0 spiro atoms. The average molecular weight is 697 g/mol. The first-order valence-corrected chi connectivity index (χ1v) is 18.3. The van der Waals surface area contributed by atoms with Crippen LogP contribution in [0.3, 0.4) is 0 Å². The topological polar surface area (TPSA) is 194 Å². The van der Waals surface area contributed by atoms with E-state index in [1.807, 2.05) is 0 Å². The maximum atomic E-state index is 12.6. The van der Waals surface area contributed by atoms with Gasteiger partial charge in [-0.05, 0) is 99.4 Å². The van der Waals surface area contributed by atoms with Crippen molar-refractivity contribution in [3.8, 4) is 0 Å². The zero-order valence-corrected chi connectivity index (χ0v) is 29.1. The van der Waals surface area contributed by atoms with E-state index in [4.69, 9.17) is 28.4 Å². The summed E-state index contributed by atoms with van der Waals surface area (Å²) in [6.07, 6.45) is -2.68. The molecule has 0 aromatic carbocycles. The number of fused-ring (bicyclic) bond motifs is 5. The molecule has 0 amide bonds. The van der Waals surface area contributed by atoms with E-state index >= 15 is 0 Å². The second-order valence-electron chi connectivity index (χ2n) is 16.5. The molecular weight excluding hydrogens is 640 g/mol. The van der Waals surface area contributed by atoms with E-state index in [1.165, 1.54) is 7.11 Å². The summed E-state index contributed by atoms with van der Waals surface area (Å²) in [5, 5.41) is 64.5. The molecule has 3 heterocycles. The number of aliphatic hydroxyl groups is 6. The van der Waals surface area contributed by atoms with Crippen LogP contribution in [0, 0.1) is 34.5 Å². The van der Waals surface area contributed by atoms with Gasteiger partial charge in [0.2, 0.25) is 0 Å². The normalized spacial score (nSPS) is 54.4. The summed E-state index contributed by atoms with van der Waals surface area (Å²) in [4.78, 5) is 11.9. The van der Waals surface area contributed by atoms with Crippen LogP contribution in [-0.2, 0) is 33.2 Å². The first kappa shape index (κ1) is 36.1. The van der Waals surface area contributed by atoms with Gasteiger partial charge in [0, 0.05) is 18.6 Å². The van der Waals surface area contributed by atoms with E-state index in [0.717, 1.165) is 63.4 Å². The number of methoxy groups -OCH3 is 1. The van der Waals surface area contributed by atoms with Crippen LogP contribution < -0.4 is 0 Å². The lowest BCUT2D eigenvalue weighted by Crippen LogP contribution is -2.65. The third-order valence-corrected chi connectivity index (χ3v) is 14.4. The number of rotatable bonds is 7. The monoisotopic (exact) mass is 696 g/mol. The number of carbonyl (C=O) groups excluding carboxylic acids is 1. The minimum Gasteiger partial charge on any atom is -0.458 e. The first-order valence-electron chi connectivity index (χ1n) is 18.3. The Balaban J connectivity index is 1.05. The van der Waals surface area contributed by atoms with Gasteiger partial charge in [0.05, 0.1) is 24.4 Å². The van der Waals surface area contributed by atoms with Crippen molar-refractivity contribution in [2.45, 2.75) is 152 Å². The van der Waals surface area contributed by atoms with Gasteiger partial charge in [-0.25, -0.2) is 4.79 Å². The molecule has 4 aliphatic carbocycles. The fourth-order valence-electron chi connectivity index (χ4n) is 11.5. The van der Waals surface area contributed by atoms with Crippen molar-refractivity contribution >= 4 is 5.97 Å². The van der Waals surface area contributed by atoms with E-state index < -0.39 is 73.6 Å². The van der Waals surface area contributed by atoms with Crippen molar-refractivity contribution in [1.29, 1.82) is 0 Å². The van der Waals surface area contributed by atoms with Gasteiger partial charge in [0.1, 0.15) is 49.3 Å². The highest BCUT2D eigenvalue weighted by Crippen LogP contribution is 2.70. The molecule has 3 unspecified atom stereocenters. The summed E-state index contributed by atoms with van der Waals surface area (Å²) < 4.78 is 35.5. The number of hydrogen-bond donors (Lipinski definition) is 6. The summed E-state index contributed by atoms with van der Waals surface area (Å²) in [6, 6.07) is 0. The third kappa shape index (κ3) is 5.74. The molecule has 278 valence electrons. The molecule has 0 bridgehead atoms. The highest BCUT2D eigenvalue weighted by Gasteiger charge is 2.68. The molecule has 0 aromatic rings. The molecule has 13 nitrogen and oxygen atoms in total. The maximum Gasteiger partial charge on any atom is 0.331 e. The van der Waals surface area contributed by atoms with Gasteiger partial charge in [0.15, 0.2) is 12.6 Å². The highest BCUT2D eigenvalue weighted by molar-refractivity contribution is 5.85. The highest BCUT2D eigenvalue weighted by atomic mass is 16.8. The molecule has 4 saturated carbocycles. The van der Waals surface area contributed by atoms with Gasteiger partial charge in [-0.3, -0.25) is 0 Å². The molecule has 0 aromatic heterocycles. The van der Waals surface area contributed by atoms with Crippen LogP contribution in [0.25, 0.3) is 0 Å². The number of hydrogen-bond acceptors (Lipinski definition) is 13. The van der Waals surface area contributed by atoms with E-state index in [1.54, 1.807) is 13.0 Å². The minimum atomic E-state index is -1.63. The molecule has 6 fully saturated rings. The third-order valence-electron chi connectivity index (χ3n) is 14.4. The molecule has 0 radical (unpaired) electrons. The van der Waals surface area contributed by atoms with Crippen molar-refractivity contribution in [2.75, 3.05) is 20.3 Å². The van der Waals surface area contributed by atoms with Gasteiger partial charge in [0.25, 0.3) is 0 Å². The number of carbonyl (C=O) groups is 1. The van der Waals surface area contributed by atoms with E-state index in [-0.39, 0.29) is 34.7 Å². The fraction of sp³-hybridized carbons (Fsp3) is 0.917. The predicted molar refractivity (Wildman–Crippen MR) is 170 cm³/mol. The first-order chi connectivity index (χ1) is 23.3. The second kappa shape index (κ2) is 13.3. The van der Waals surface area contributed by atoms with E-state index in [0.29, 0.717) is 18.4 Å². The minimum absolute atomic E-state index is 0.0296. The molecule has 13 heteroatoms. The van der Waals surface area contributed by atoms with E-state index in [9.17, 15) is 35.4 Å². The van der Waals surface area contributed by atoms with Crippen LogP contribution in [-0.4, -0.2) is 130 Å². The Labute approximate surface area is 287 Å². The van der Waals surface area contributed by atoms with Gasteiger partial charge >= 0.3 is 5.97 Å². The molecule has 49 heavy (non-hydrogen) atoms.